The highest BCUT2D eigenvalue weighted by atomic mass is 16.5. The van der Waals surface area contributed by atoms with Crippen LogP contribution in [0.3, 0.4) is 0 Å². The Morgan fingerprint density at radius 2 is 2.18 bits per heavy atom. The number of ether oxygens (including phenoxy) is 1. The van der Waals surface area contributed by atoms with Gasteiger partial charge in [0.15, 0.2) is 0 Å². The molecule has 2 heteroatoms. The van der Waals surface area contributed by atoms with Crippen LogP contribution in [0.25, 0.3) is 6.08 Å². The SMILES string of the molecule is COc1ccc(C)cc1/C=C/CCC(C)CO. The van der Waals surface area contributed by atoms with E-state index in [1.165, 1.54) is 5.56 Å². The van der Waals surface area contributed by atoms with Crippen LogP contribution in [-0.2, 0) is 0 Å². The predicted molar refractivity (Wildman–Crippen MR) is 72.2 cm³/mol. The van der Waals surface area contributed by atoms with Crippen LogP contribution in [0, 0.1) is 12.8 Å². The van der Waals surface area contributed by atoms with Crippen LogP contribution in [-0.4, -0.2) is 18.8 Å². The van der Waals surface area contributed by atoms with E-state index in [0.29, 0.717) is 5.92 Å². The molecule has 94 valence electrons. The molecule has 0 fully saturated rings. The standard InChI is InChI=1S/C15H22O2/c1-12-8-9-15(17-3)14(10-12)7-5-4-6-13(2)11-16/h5,7-10,13,16H,4,6,11H2,1-3H3/b7-5+. The van der Waals surface area contributed by atoms with Crippen LogP contribution in [0.15, 0.2) is 24.3 Å². The zero-order chi connectivity index (χ0) is 12.7. The van der Waals surface area contributed by atoms with Crippen molar-refractivity contribution in [3.8, 4) is 5.75 Å². The Morgan fingerprint density at radius 1 is 1.41 bits per heavy atom. The van der Waals surface area contributed by atoms with E-state index in [9.17, 15) is 0 Å². The highest BCUT2D eigenvalue weighted by Crippen LogP contribution is 2.21. The van der Waals surface area contributed by atoms with Crippen LogP contribution >= 0.6 is 0 Å². The maximum atomic E-state index is 8.93. The zero-order valence-corrected chi connectivity index (χ0v) is 10.9. The summed E-state index contributed by atoms with van der Waals surface area (Å²) < 4.78 is 5.31. The smallest absolute Gasteiger partial charge is 0.126 e. The molecular formula is C15H22O2. The molecule has 1 aromatic rings. The molecule has 1 unspecified atom stereocenters. The lowest BCUT2D eigenvalue weighted by atomic mass is 10.1. The minimum absolute atomic E-state index is 0.265. The van der Waals surface area contributed by atoms with Crippen LogP contribution < -0.4 is 4.74 Å². The number of allylic oxidation sites excluding steroid dienone is 1. The fourth-order valence-electron chi connectivity index (χ4n) is 1.67. The first-order valence-electron chi connectivity index (χ1n) is 6.09. The highest BCUT2D eigenvalue weighted by molar-refractivity contribution is 5.58. The van der Waals surface area contributed by atoms with Crippen LogP contribution in [0.4, 0.5) is 0 Å². The van der Waals surface area contributed by atoms with Crippen LogP contribution in [0.1, 0.15) is 30.9 Å². The number of aryl methyl sites for hydroxylation is 1. The van der Waals surface area contributed by atoms with Crippen molar-refractivity contribution >= 4 is 6.08 Å². The Balaban J connectivity index is 2.60. The molecule has 0 saturated carbocycles. The molecule has 1 atom stereocenters. The Kier molecular flexibility index (Phi) is 5.78. The van der Waals surface area contributed by atoms with Gasteiger partial charge in [0.25, 0.3) is 0 Å². The van der Waals surface area contributed by atoms with Crippen molar-refractivity contribution in [1.82, 2.24) is 0 Å². The molecular weight excluding hydrogens is 212 g/mol. The maximum absolute atomic E-state index is 8.93. The molecule has 0 aliphatic carbocycles. The normalized spacial score (nSPS) is 12.9. The summed E-state index contributed by atoms with van der Waals surface area (Å²) >= 11 is 0. The summed E-state index contributed by atoms with van der Waals surface area (Å²) in [5.41, 5.74) is 2.35. The summed E-state index contributed by atoms with van der Waals surface area (Å²) in [6.45, 7) is 4.40. The molecule has 1 aromatic carbocycles. The molecule has 1 rings (SSSR count). The summed E-state index contributed by atoms with van der Waals surface area (Å²) in [6, 6.07) is 6.15. The molecule has 0 radical (unpaired) electrons. The van der Waals surface area contributed by atoms with Crippen LogP contribution in [0.2, 0.25) is 0 Å². The van der Waals surface area contributed by atoms with Gasteiger partial charge in [-0.05, 0) is 37.8 Å². The van der Waals surface area contributed by atoms with E-state index in [1.54, 1.807) is 7.11 Å². The fourth-order valence-corrected chi connectivity index (χ4v) is 1.67. The molecule has 2 nitrogen and oxygen atoms in total. The van der Waals surface area contributed by atoms with E-state index in [-0.39, 0.29) is 6.61 Å². The quantitative estimate of drug-likeness (QED) is 0.817. The van der Waals surface area contributed by atoms with E-state index in [1.807, 2.05) is 12.1 Å². The van der Waals surface area contributed by atoms with Gasteiger partial charge in [-0.1, -0.05) is 30.7 Å². The number of aliphatic hydroxyl groups is 1. The van der Waals surface area contributed by atoms with Crippen molar-refractivity contribution in [2.45, 2.75) is 26.7 Å². The number of rotatable bonds is 6. The molecule has 0 spiro atoms. The van der Waals surface area contributed by atoms with Crippen molar-refractivity contribution in [3.63, 3.8) is 0 Å². The molecule has 0 saturated heterocycles. The molecule has 0 aliphatic rings. The van der Waals surface area contributed by atoms with Crippen molar-refractivity contribution in [2.75, 3.05) is 13.7 Å². The Bertz CT molecular complexity index is 369. The second-order valence-corrected chi connectivity index (χ2v) is 4.51. The van der Waals surface area contributed by atoms with Gasteiger partial charge in [-0.25, -0.2) is 0 Å². The van der Waals surface area contributed by atoms with Crippen molar-refractivity contribution in [1.29, 1.82) is 0 Å². The average Bonchev–Trinajstić information content (AvgIpc) is 2.34. The third-order valence-corrected chi connectivity index (χ3v) is 2.82. The van der Waals surface area contributed by atoms with Gasteiger partial charge >= 0.3 is 0 Å². The monoisotopic (exact) mass is 234 g/mol. The van der Waals surface area contributed by atoms with Crippen LogP contribution in [0.5, 0.6) is 5.75 Å². The van der Waals surface area contributed by atoms with Gasteiger partial charge in [0.05, 0.1) is 7.11 Å². The summed E-state index contributed by atoms with van der Waals surface area (Å²) in [5.74, 6) is 1.28. The maximum Gasteiger partial charge on any atom is 0.126 e. The van der Waals surface area contributed by atoms with E-state index >= 15 is 0 Å². The number of hydrogen-bond acceptors (Lipinski definition) is 2. The number of hydrogen-bond donors (Lipinski definition) is 1. The predicted octanol–water partition coefficient (Wildman–Crippen LogP) is 3.43. The molecule has 0 aromatic heterocycles. The third-order valence-electron chi connectivity index (χ3n) is 2.82. The molecule has 0 aliphatic heterocycles. The summed E-state index contributed by atoms with van der Waals surface area (Å²) in [6.07, 6.45) is 6.24. The first-order chi connectivity index (χ1) is 8.17. The second-order valence-electron chi connectivity index (χ2n) is 4.51. The summed E-state index contributed by atoms with van der Waals surface area (Å²) in [5, 5.41) is 8.93. The minimum atomic E-state index is 0.265. The third kappa shape index (κ3) is 4.61. The highest BCUT2D eigenvalue weighted by Gasteiger charge is 2.00. The molecule has 0 amide bonds. The van der Waals surface area contributed by atoms with Gasteiger partial charge in [0.2, 0.25) is 0 Å². The zero-order valence-electron chi connectivity index (χ0n) is 10.9. The molecule has 0 bridgehead atoms. The lowest BCUT2D eigenvalue weighted by Crippen LogP contribution is -1.98. The Morgan fingerprint density at radius 3 is 2.82 bits per heavy atom. The number of methoxy groups -OCH3 is 1. The van der Waals surface area contributed by atoms with E-state index < -0.39 is 0 Å². The molecule has 1 N–H and O–H groups in total. The van der Waals surface area contributed by atoms with Crippen molar-refractivity contribution < 1.29 is 9.84 Å². The van der Waals surface area contributed by atoms with Gasteiger partial charge in [0.1, 0.15) is 5.75 Å². The first kappa shape index (κ1) is 13.8. The molecule has 17 heavy (non-hydrogen) atoms. The van der Waals surface area contributed by atoms with E-state index in [0.717, 1.165) is 24.2 Å². The van der Waals surface area contributed by atoms with Gasteiger partial charge in [-0.3, -0.25) is 0 Å². The van der Waals surface area contributed by atoms with Gasteiger partial charge in [0, 0.05) is 12.2 Å². The largest absolute Gasteiger partial charge is 0.496 e. The van der Waals surface area contributed by atoms with E-state index in [4.69, 9.17) is 9.84 Å². The second kappa shape index (κ2) is 7.13. The van der Waals surface area contributed by atoms with Gasteiger partial charge in [-0.2, -0.15) is 0 Å². The average molecular weight is 234 g/mol. The lowest BCUT2D eigenvalue weighted by molar-refractivity contribution is 0.231. The minimum Gasteiger partial charge on any atom is -0.496 e. The Labute approximate surface area is 104 Å². The van der Waals surface area contributed by atoms with E-state index in [2.05, 4.69) is 32.1 Å². The number of benzene rings is 1. The van der Waals surface area contributed by atoms with Gasteiger partial charge in [-0.15, -0.1) is 0 Å². The first-order valence-corrected chi connectivity index (χ1v) is 6.09. The fraction of sp³-hybridized carbons (Fsp3) is 0.467. The number of aliphatic hydroxyl groups excluding tert-OH is 1. The Hall–Kier alpha value is -1.28. The summed E-state index contributed by atoms with van der Waals surface area (Å²) in [7, 11) is 1.69. The van der Waals surface area contributed by atoms with Crippen molar-refractivity contribution in [3.05, 3.63) is 35.4 Å². The van der Waals surface area contributed by atoms with Gasteiger partial charge < -0.3 is 9.84 Å². The summed E-state index contributed by atoms with van der Waals surface area (Å²) in [4.78, 5) is 0. The van der Waals surface area contributed by atoms with Crippen molar-refractivity contribution in [2.24, 2.45) is 5.92 Å². The molecule has 0 heterocycles. The topological polar surface area (TPSA) is 29.5 Å². The lowest BCUT2D eigenvalue weighted by Gasteiger charge is -2.06.